The third kappa shape index (κ3) is 3.07. The van der Waals surface area contributed by atoms with Gasteiger partial charge >= 0.3 is 0 Å². The van der Waals surface area contributed by atoms with Crippen LogP contribution in [0.25, 0.3) is 0 Å². The SMILES string of the molecule is CCCc1ncc2c(n1)CN(Cc1cc(C)cs1)CC2. The molecular weight excluding hydrogens is 266 g/mol. The van der Waals surface area contributed by atoms with E-state index in [4.69, 9.17) is 4.98 Å². The summed E-state index contributed by atoms with van der Waals surface area (Å²) in [5.74, 6) is 1.00. The fraction of sp³-hybridized carbons (Fsp3) is 0.500. The summed E-state index contributed by atoms with van der Waals surface area (Å²) in [7, 11) is 0. The van der Waals surface area contributed by atoms with E-state index in [0.717, 1.165) is 44.7 Å². The predicted molar refractivity (Wildman–Crippen MR) is 82.9 cm³/mol. The molecule has 3 rings (SSSR count). The van der Waals surface area contributed by atoms with Crippen molar-refractivity contribution in [2.24, 2.45) is 0 Å². The lowest BCUT2D eigenvalue weighted by Gasteiger charge is -2.27. The zero-order chi connectivity index (χ0) is 13.9. The van der Waals surface area contributed by atoms with Gasteiger partial charge in [-0.05, 0) is 42.3 Å². The summed E-state index contributed by atoms with van der Waals surface area (Å²) in [4.78, 5) is 13.2. The number of nitrogens with zero attached hydrogens (tertiary/aromatic N) is 3. The highest BCUT2D eigenvalue weighted by Crippen LogP contribution is 2.21. The second-order valence-electron chi connectivity index (χ2n) is 5.56. The number of hydrogen-bond acceptors (Lipinski definition) is 4. The van der Waals surface area contributed by atoms with Gasteiger partial charge in [0.25, 0.3) is 0 Å². The van der Waals surface area contributed by atoms with E-state index in [2.05, 4.69) is 35.2 Å². The van der Waals surface area contributed by atoms with Gasteiger partial charge in [0, 0.05) is 37.1 Å². The predicted octanol–water partition coefficient (Wildman–Crippen LogP) is 3.36. The smallest absolute Gasteiger partial charge is 0.128 e. The number of fused-ring (bicyclic) bond motifs is 1. The molecule has 0 saturated carbocycles. The maximum absolute atomic E-state index is 4.75. The Balaban J connectivity index is 1.71. The summed E-state index contributed by atoms with van der Waals surface area (Å²) >= 11 is 1.86. The summed E-state index contributed by atoms with van der Waals surface area (Å²) in [5, 5.41) is 2.23. The van der Waals surface area contributed by atoms with Gasteiger partial charge in [0.05, 0.1) is 5.69 Å². The van der Waals surface area contributed by atoms with Crippen molar-refractivity contribution in [1.82, 2.24) is 14.9 Å². The Morgan fingerprint density at radius 2 is 2.30 bits per heavy atom. The van der Waals surface area contributed by atoms with Crippen molar-refractivity contribution in [2.45, 2.75) is 46.2 Å². The molecule has 2 aromatic heterocycles. The van der Waals surface area contributed by atoms with Crippen LogP contribution in [-0.4, -0.2) is 21.4 Å². The molecule has 0 amide bonds. The van der Waals surface area contributed by atoms with Crippen LogP contribution in [0, 0.1) is 6.92 Å². The van der Waals surface area contributed by atoms with Gasteiger partial charge in [0.1, 0.15) is 5.82 Å². The second kappa shape index (κ2) is 6.02. The van der Waals surface area contributed by atoms with Crippen molar-refractivity contribution in [3.05, 3.63) is 45.2 Å². The quantitative estimate of drug-likeness (QED) is 0.863. The van der Waals surface area contributed by atoms with Crippen LogP contribution in [0.4, 0.5) is 0 Å². The zero-order valence-corrected chi connectivity index (χ0v) is 13.0. The van der Waals surface area contributed by atoms with Gasteiger partial charge in [-0.15, -0.1) is 11.3 Å². The largest absolute Gasteiger partial charge is 0.292 e. The van der Waals surface area contributed by atoms with Crippen molar-refractivity contribution in [2.75, 3.05) is 6.54 Å². The molecule has 0 bridgehead atoms. The number of aryl methyl sites for hydroxylation is 2. The molecule has 0 aliphatic carbocycles. The van der Waals surface area contributed by atoms with Gasteiger partial charge in [-0.25, -0.2) is 9.97 Å². The summed E-state index contributed by atoms with van der Waals surface area (Å²) in [6.45, 7) is 7.46. The molecule has 1 aliphatic rings. The molecule has 1 aliphatic heterocycles. The molecule has 0 unspecified atom stereocenters. The highest BCUT2D eigenvalue weighted by Gasteiger charge is 2.18. The number of aromatic nitrogens is 2. The van der Waals surface area contributed by atoms with Crippen molar-refractivity contribution in [3.63, 3.8) is 0 Å². The van der Waals surface area contributed by atoms with E-state index in [0.29, 0.717) is 0 Å². The van der Waals surface area contributed by atoms with Gasteiger partial charge in [-0.2, -0.15) is 0 Å². The second-order valence-corrected chi connectivity index (χ2v) is 6.55. The molecule has 0 saturated heterocycles. The van der Waals surface area contributed by atoms with E-state index in [-0.39, 0.29) is 0 Å². The van der Waals surface area contributed by atoms with Crippen LogP contribution in [0.2, 0.25) is 0 Å². The van der Waals surface area contributed by atoms with Crippen LogP contribution >= 0.6 is 11.3 Å². The summed E-state index contributed by atoms with van der Waals surface area (Å²) < 4.78 is 0. The Bertz CT molecular complexity index is 591. The first-order valence-electron chi connectivity index (χ1n) is 7.34. The maximum Gasteiger partial charge on any atom is 0.128 e. The fourth-order valence-electron chi connectivity index (χ4n) is 2.67. The zero-order valence-electron chi connectivity index (χ0n) is 12.2. The van der Waals surface area contributed by atoms with Crippen molar-refractivity contribution in [1.29, 1.82) is 0 Å². The lowest BCUT2D eigenvalue weighted by atomic mass is 10.1. The van der Waals surface area contributed by atoms with Crippen LogP contribution in [-0.2, 0) is 25.9 Å². The minimum atomic E-state index is 0.964. The Kier molecular flexibility index (Phi) is 4.13. The molecule has 0 radical (unpaired) electrons. The molecule has 3 heterocycles. The van der Waals surface area contributed by atoms with Gasteiger partial charge in [-0.3, -0.25) is 4.90 Å². The van der Waals surface area contributed by atoms with Crippen molar-refractivity contribution >= 4 is 11.3 Å². The Labute approximate surface area is 124 Å². The molecule has 106 valence electrons. The Morgan fingerprint density at radius 1 is 1.40 bits per heavy atom. The Morgan fingerprint density at radius 3 is 3.05 bits per heavy atom. The van der Waals surface area contributed by atoms with E-state index < -0.39 is 0 Å². The molecule has 0 spiro atoms. The maximum atomic E-state index is 4.75. The molecule has 0 atom stereocenters. The molecule has 0 N–H and O–H groups in total. The highest BCUT2D eigenvalue weighted by molar-refractivity contribution is 7.10. The topological polar surface area (TPSA) is 29.0 Å². The monoisotopic (exact) mass is 287 g/mol. The fourth-order valence-corrected chi connectivity index (χ4v) is 3.59. The van der Waals surface area contributed by atoms with Crippen LogP contribution in [0.1, 0.15) is 40.9 Å². The van der Waals surface area contributed by atoms with Gasteiger partial charge in [-0.1, -0.05) is 6.92 Å². The summed E-state index contributed by atoms with van der Waals surface area (Å²) in [6, 6.07) is 2.29. The molecule has 0 aromatic carbocycles. The van der Waals surface area contributed by atoms with Crippen LogP contribution in [0.3, 0.4) is 0 Å². The van der Waals surface area contributed by atoms with E-state index in [1.807, 2.05) is 17.5 Å². The van der Waals surface area contributed by atoms with Gasteiger partial charge in [0.2, 0.25) is 0 Å². The lowest BCUT2D eigenvalue weighted by molar-refractivity contribution is 0.243. The molecule has 3 nitrogen and oxygen atoms in total. The van der Waals surface area contributed by atoms with E-state index in [9.17, 15) is 0 Å². The standard InChI is InChI=1S/C16H21N3S/c1-3-4-16-17-8-13-5-6-19(10-15(13)18-16)9-14-7-12(2)11-20-14/h7-8,11H,3-6,9-10H2,1-2H3. The molecule has 0 fully saturated rings. The third-order valence-electron chi connectivity index (χ3n) is 3.71. The van der Waals surface area contributed by atoms with Gasteiger partial charge < -0.3 is 0 Å². The highest BCUT2D eigenvalue weighted by atomic mass is 32.1. The summed E-state index contributed by atoms with van der Waals surface area (Å²) in [6.07, 6.45) is 5.21. The van der Waals surface area contributed by atoms with E-state index >= 15 is 0 Å². The molecule has 20 heavy (non-hydrogen) atoms. The molecule has 4 heteroatoms. The first kappa shape index (κ1) is 13.7. The average molecular weight is 287 g/mol. The van der Waals surface area contributed by atoms with Crippen LogP contribution in [0.15, 0.2) is 17.6 Å². The minimum Gasteiger partial charge on any atom is -0.292 e. The minimum absolute atomic E-state index is 0.964. The number of thiophene rings is 1. The van der Waals surface area contributed by atoms with Crippen LogP contribution < -0.4 is 0 Å². The number of rotatable bonds is 4. The third-order valence-corrected chi connectivity index (χ3v) is 4.75. The van der Waals surface area contributed by atoms with Crippen molar-refractivity contribution in [3.8, 4) is 0 Å². The molecule has 2 aromatic rings. The average Bonchev–Trinajstić information content (AvgIpc) is 2.84. The van der Waals surface area contributed by atoms with E-state index in [1.165, 1.54) is 21.7 Å². The van der Waals surface area contributed by atoms with E-state index in [1.54, 1.807) is 0 Å². The van der Waals surface area contributed by atoms with Crippen molar-refractivity contribution < 1.29 is 0 Å². The van der Waals surface area contributed by atoms with Gasteiger partial charge in [0.15, 0.2) is 0 Å². The normalized spacial score (nSPS) is 15.3. The van der Waals surface area contributed by atoms with Crippen LogP contribution in [0.5, 0.6) is 0 Å². The number of hydrogen-bond donors (Lipinski definition) is 0. The Hall–Kier alpha value is -1.26. The first-order valence-corrected chi connectivity index (χ1v) is 8.22. The molecular formula is C16H21N3S. The summed E-state index contributed by atoms with van der Waals surface area (Å²) in [5.41, 5.74) is 3.95. The first-order chi connectivity index (χ1) is 9.74. The lowest BCUT2D eigenvalue weighted by Crippen LogP contribution is -2.31.